The lowest BCUT2D eigenvalue weighted by molar-refractivity contribution is 0.475. The number of hydrogen-bond acceptors (Lipinski definition) is 5. The van der Waals surface area contributed by atoms with E-state index in [0.29, 0.717) is 18.0 Å². The van der Waals surface area contributed by atoms with E-state index in [0.717, 1.165) is 17.0 Å². The summed E-state index contributed by atoms with van der Waals surface area (Å²) in [5.41, 5.74) is 7.99. The number of H-pyrrole nitrogens is 1. The molecular formula is C13H13N5O. The molecule has 0 amide bonds. The van der Waals surface area contributed by atoms with Crippen LogP contribution in [0, 0.1) is 0 Å². The Morgan fingerprint density at radius 3 is 2.68 bits per heavy atom. The molecule has 0 aliphatic rings. The Kier molecular flexibility index (Phi) is 2.68. The Hall–Kier alpha value is -2.76. The normalized spacial score (nSPS) is 10.7. The summed E-state index contributed by atoms with van der Waals surface area (Å²) < 4.78 is 0. The van der Waals surface area contributed by atoms with E-state index in [4.69, 9.17) is 5.73 Å². The van der Waals surface area contributed by atoms with Crippen LogP contribution in [-0.4, -0.2) is 20.1 Å². The molecule has 0 aliphatic heterocycles. The minimum absolute atomic E-state index is 0.244. The quantitative estimate of drug-likeness (QED) is 0.535. The summed E-state index contributed by atoms with van der Waals surface area (Å²) in [7, 11) is 0. The molecule has 0 saturated heterocycles. The Morgan fingerprint density at radius 2 is 1.89 bits per heavy atom. The maximum atomic E-state index is 9.20. The number of aromatic nitrogens is 3. The van der Waals surface area contributed by atoms with Crippen molar-refractivity contribution in [1.82, 2.24) is 15.0 Å². The van der Waals surface area contributed by atoms with Crippen LogP contribution >= 0.6 is 0 Å². The van der Waals surface area contributed by atoms with Gasteiger partial charge in [0, 0.05) is 5.69 Å². The number of nitrogen functional groups attached to an aromatic ring is 1. The van der Waals surface area contributed by atoms with Crippen molar-refractivity contribution in [2.24, 2.45) is 0 Å². The van der Waals surface area contributed by atoms with Crippen molar-refractivity contribution in [3.63, 3.8) is 0 Å². The highest BCUT2D eigenvalue weighted by molar-refractivity contribution is 5.72. The van der Waals surface area contributed by atoms with Crippen molar-refractivity contribution < 1.29 is 5.11 Å². The molecule has 3 rings (SSSR count). The molecule has 0 aliphatic carbocycles. The predicted molar refractivity (Wildman–Crippen MR) is 73.7 cm³/mol. The number of phenols is 1. The highest BCUT2D eigenvalue weighted by Gasteiger charge is 2.04. The van der Waals surface area contributed by atoms with E-state index < -0.39 is 0 Å². The number of pyridine rings is 1. The van der Waals surface area contributed by atoms with E-state index in [2.05, 4.69) is 20.3 Å². The lowest BCUT2D eigenvalue weighted by Gasteiger charge is -2.03. The Morgan fingerprint density at radius 1 is 1.11 bits per heavy atom. The van der Waals surface area contributed by atoms with E-state index >= 15 is 0 Å². The number of rotatable bonds is 3. The number of fused-ring (bicyclic) bond motifs is 1. The minimum Gasteiger partial charge on any atom is -0.508 e. The van der Waals surface area contributed by atoms with Crippen LogP contribution in [0.4, 0.5) is 11.5 Å². The highest BCUT2D eigenvalue weighted by Crippen LogP contribution is 2.15. The van der Waals surface area contributed by atoms with Gasteiger partial charge < -0.3 is 21.1 Å². The molecule has 0 saturated carbocycles. The summed E-state index contributed by atoms with van der Waals surface area (Å²) in [6, 6.07) is 10.4. The Bertz CT molecular complexity index is 705. The molecule has 0 fully saturated rings. The Labute approximate surface area is 109 Å². The van der Waals surface area contributed by atoms with Crippen LogP contribution in [0.25, 0.3) is 11.2 Å². The number of imidazole rings is 1. The summed E-state index contributed by atoms with van der Waals surface area (Å²) in [5, 5.41) is 12.4. The van der Waals surface area contributed by atoms with Crippen molar-refractivity contribution in [3.05, 3.63) is 42.2 Å². The first kappa shape index (κ1) is 11.3. The van der Waals surface area contributed by atoms with Gasteiger partial charge in [0.2, 0.25) is 0 Å². The van der Waals surface area contributed by atoms with E-state index in [1.165, 1.54) is 0 Å². The summed E-state index contributed by atoms with van der Waals surface area (Å²) in [6.45, 7) is 0.543. The zero-order chi connectivity index (χ0) is 13.2. The maximum absolute atomic E-state index is 9.20. The number of phenolic OH excluding ortho intramolecular Hbond substituents is 1. The lowest BCUT2D eigenvalue weighted by atomic mass is 10.3. The van der Waals surface area contributed by atoms with Gasteiger partial charge in [0.1, 0.15) is 17.4 Å². The fourth-order valence-electron chi connectivity index (χ4n) is 1.81. The van der Waals surface area contributed by atoms with Gasteiger partial charge in [-0.15, -0.1) is 0 Å². The van der Waals surface area contributed by atoms with Gasteiger partial charge in [-0.05, 0) is 36.4 Å². The number of anilines is 2. The van der Waals surface area contributed by atoms with Crippen LogP contribution in [0.2, 0.25) is 0 Å². The first-order valence-corrected chi connectivity index (χ1v) is 5.85. The minimum atomic E-state index is 0.244. The van der Waals surface area contributed by atoms with Gasteiger partial charge in [0.15, 0.2) is 5.65 Å². The molecule has 0 radical (unpaired) electrons. The molecule has 19 heavy (non-hydrogen) atoms. The van der Waals surface area contributed by atoms with Crippen LogP contribution in [0.5, 0.6) is 5.75 Å². The number of aromatic amines is 1. The van der Waals surface area contributed by atoms with E-state index in [-0.39, 0.29) is 5.75 Å². The van der Waals surface area contributed by atoms with Crippen molar-refractivity contribution in [1.29, 1.82) is 0 Å². The topological polar surface area (TPSA) is 99.9 Å². The number of benzene rings is 1. The molecule has 0 bridgehead atoms. The number of nitrogens with one attached hydrogen (secondary N) is 2. The van der Waals surface area contributed by atoms with Gasteiger partial charge in [-0.2, -0.15) is 0 Å². The third-order valence-corrected chi connectivity index (χ3v) is 2.74. The summed E-state index contributed by atoms with van der Waals surface area (Å²) in [6.07, 6.45) is 0. The van der Waals surface area contributed by atoms with Crippen molar-refractivity contribution in [2.45, 2.75) is 6.54 Å². The molecule has 96 valence electrons. The molecule has 5 N–H and O–H groups in total. The van der Waals surface area contributed by atoms with Crippen LogP contribution < -0.4 is 11.1 Å². The third-order valence-electron chi connectivity index (χ3n) is 2.74. The molecule has 3 aromatic rings. The van der Waals surface area contributed by atoms with Crippen molar-refractivity contribution in [2.75, 3.05) is 11.1 Å². The predicted octanol–water partition coefficient (Wildman–Crippen LogP) is 1.86. The van der Waals surface area contributed by atoms with Crippen molar-refractivity contribution in [3.8, 4) is 5.75 Å². The monoisotopic (exact) mass is 255 g/mol. The zero-order valence-electron chi connectivity index (χ0n) is 10.1. The molecule has 0 spiro atoms. The van der Waals surface area contributed by atoms with E-state index in [1.807, 2.05) is 6.07 Å². The molecule has 6 heteroatoms. The van der Waals surface area contributed by atoms with Crippen LogP contribution in [-0.2, 0) is 6.54 Å². The fraction of sp³-hybridized carbons (Fsp3) is 0.0769. The molecule has 2 heterocycles. The van der Waals surface area contributed by atoms with Gasteiger partial charge in [0.05, 0.1) is 12.1 Å². The van der Waals surface area contributed by atoms with Gasteiger partial charge in [-0.3, -0.25) is 0 Å². The Balaban J connectivity index is 1.76. The largest absolute Gasteiger partial charge is 0.508 e. The summed E-state index contributed by atoms with van der Waals surface area (Å²) in [4.78, 5) is 11.6. The molecule has 2 aromatic heterocycles. The SMILES string of the molecule is Nc1ccc2[nH]c(CNc3ccc(O)cc3)nc2n1. The van der Waals surface area contributed by atoms with Crippen molar-refractivity contribution >= 4 is 22.7 Å². The van der Waals surface area contributed by atoms with Crippen LogP contribution in [0.3, 0.4) is 0 Å². The smallest absolute Gasteiger partial charge is 0.179 e. The summed E-state index contributed by atoms with van der Waals surface area (Å²) >= 11 is 0. The molecular weight excluding hydrogens is 242 g/mol. The second-order valence-corrected chi connectivity index (χ2v) is 4.19. The van der Waals surface area contributed by atoms with Gasteiger partial charge in [-0.25, -0.2) is 9.97 Å². The first-order valence-electron chi connectivity index (χ1n) is 5.85. The maximum Gasteiger partial charge on any atom is 0.179 e. The van der Waals surface area contributed by atoms with E-state index in [9.17, 15) is 5.11 Å². The van der Waals surface area contributed by atoms with Crippen LogP contribution in [0.15, 0.2) is 36.4 Å². The number of hydrogen-bond donors (Lipinski definition) is 4. The first-order chi connectivity index (χ1) is 9.20. The highest BCUT2D eigenvalue weighted by atomic mass is 16.3. The molecule has 0 atom stereocenters. The average molecular weight is 255 g/mol. The standard InChI is InChI=1S/C13H13N5O/c14-11-6-5-10-13(17-11)18-12(16-10)7-15-8-1-3-9(19)4-2-8/h1-6,15,19H,7H2,(H3,14,16,17,18). The van der Waals surface area contributed by atoms with Gasteiger partial charge in [-0.1, -0.05) is 0 Å². The molecule has 1 aromatic carbocycles. The number of nitrogens with two attached hydrogens (primary N) is 1. The van der Waals surface area contributed by atoms with Gasteiger partial charge in [0.25, 0.3) is 0 Å². The summed E-state index contributed by atoms with van der Waals surface area (Å²) in [5.74, 6) is 1.48. The average Bonchev–Trinajstić information content (AvgIpc) is 2.80. The van der Waals surface area contributed by atoms with Crippen LogP contribution in [0.1, 0.15) is 5.82 Å². The second-order valence-electron chi connectivity index (χ2n) is 4.19. The molecule has 0 unspecified atom stereocenters. The number of aromatic hydroxyl groups is 1. The molecule has 6 nitrogen and oxygen atoms in total. The number of nitrogens with zero attached hydrogens (tertiary/aromatic N) is 2. The zero-order valence-corrected chi connectivity index (χ0v) is 10.1. The fourth-order valence-corrected chi connectivity index (χ4v) is 1.81. The van der Waals surface area contributed by atoms with Gasteiger partial charge >= 0.3 is 0 Å². The lowest BCUT2D eigenvalue weighted by Crippen LogP contribution is -2.00. The second kappa shape index (κ2) is 4.49. The third kappa shape index (κ3) is 2.42. The van der Waals surface area contributed by atoms with E-state index in [1.54, 1.807) is 30.3 Å².